The second-order valence-corrected chi connectivity index (χ2v) is 13.2. The Morgan fingerprint density at radius 1 is 1.16 bits per heavy atom. The normalized spacial score (nSPS) is 17.7. The Balaban J connectivity index is 1.13. The number of halogens is 2. The number of carboxylic acid groups (broad SMARTS) is 1. The SMILES string of the molecule is O=C(CC[n+]1ccc(SCC2=C(C(=O)[O-])N3C(=O)[C@@H](NC(=O)CSc4cc(Cl)ccc4Cl)[C@H]3SC2)cc1)Nc1nn[nH]n1. The number of carbonyl (C=O) groups is 4. The summed E-state index contributed by atoms with van der Waals surface area (Å²) < 4.78 is 1.84. The molecule has 2 aliphatic rings. The molecule has 0 bridgehead atoms. The van der Waals surface area contributed by atoms with Crippen molar-refractivity contribution in [2.45, 2.75) is 34.2 Å². The van der Waals surface area contributed by atoms with E-state index in [-0.39, 0.29) is 35.6 Å². The minimum atomic E-state index is -1.44. The predicted molar refractivity (Wildman–Crippen MR) is 159 cm³/mol. The van der Waals surface area contributed by atoms with Gasteiger partial charge in [-0.3, -0.25) is 24.6 Å². The number of carbonyl (C=O) groups excluding carboxylic acids is 4. The predicted octanol–water partition coefficient (Wildman–Crippen LogP) is 1.11. The van der Waals surface area contributed by atoms with Gasteiger partial charge in [-0.25, -0.2) is 4.57 Å². The van der Waals surface area contributed by atoms with Crippen molar-refractivity contribution in [3.8, 4) is 0 Å². The summed E-state index contributed by atoms with van der Waals surface area (Å²) in [6.45, 7) is 0.425. The highest BCUT2D eigenvalue weighted by atomic mass is 35.5. The summed E-state index contributed by atoms with van der Waals surface area (Å²) in [5.41, 5.74) is 0.413. The summed E-state index contributed by atoms with van der Waals surface area (Å²) in [5, 5.41) is 30.7. The number of aromatic nitrogens is 5. The van der Waals surface area contributed by atoms with Crippen molar-refractivity contribution in [1.29, 1.82) is 0 Å². The maximum absolute atomic E-state index is 13.0. The maximum atomic E-state index is 13.0. The van der Waals surface area contributed by atoms with Crippen LogP contribution in [0.5, 0.6) is 0 Å². The highest BCUT2D eigenvalue weighted by Crippen LogP contribution is 2.41. The zero-order valence-electron chi connectivity index (χ0n) is 22.0. The molecule has 0 unspecified atom stereocenters. The molecule has 0 aliphatic carbocycles. The molecule has 3 amide bonds. The average molecular weight is 682 g/mol. The third kappa shape index (κ3) is 7.62. The number of aromatic amines is 1. The van der Waals surface area contributed by atoms with Crippen molar-refractivity contribution >= 4 is 88.1 Å². The van der Waals surface area contributed by atoms with Gasteiger partial charge in [-0.05, 0) is 29.0 Å². The van der Waals surface area contributed by atoms with Crippen molar-refractivity contribution in [3.63, 3.8) is 0 Å². The topological polar surface area (TPSA) is 177 Å². The quantitative estimate of drug-likeness (QED) is 0.142. The van der Waals surface area contributed by atoms with Gasteiger partial charge in [0.1, 0.15) is 11.4 Å². The number of fused-ring (bicyclic) bond motifs is 1. The molecule has 3 N–H and O–H groups in total. The van der Waals surface area contributed by atoms with Gasteiger partial charge in [0, 0.05) is 38.5 Å². The van der Waals surface area contributed by atoms with E-state index >= 15 is 0 Å². The van der Waals surface area contributed by atoms with Crippen LogP contribution in [0.1, 0.15) is 6.42 Å². The Kier molecular flexibility index (Phi) is 10.1. The lowest BCUT2D eigenvalue weighted by molar-refractivity contribution is -0.696. The maximum Gasteiger partial charge on any atom is 0.269 e. The molecule has 224 valence electrons. The molecule has 4 heterocycles. The van der Waals surface area contributed by atoms with Gasteiger partial charge in [-0.15, -0.1) is 40.4 Å². The van der Waals surface area contributed by atoms with E-state index in [1.807, 2.05) is 29.1 Å². The average Bonchev–Trinajstić information content (AvgIpc) is 3.51. The van der Waals surface area contributed by atoms with Crippen LogP contribution in [0.4, 0.5) is 5.95 Å². The number of amides is 3. The van der Waals surface area contributed by atoms with Crippen LogP contribution in [0.2, 0.25) is 10.0 Å². The first-order valence-electron chi connectivity index (χ1n) is 12.6. The molecule has 0 spiro atoms. The number of benzene rings is 1. The molecule has 2 aromatic heterocycles. The van der Waals surface area contributed by atoms with Gasteiger partial charge in [-0.2, -0.15) is 5.21 Å². The number of aryl methyl sites for hydroxylation is 1. The monoisotopic (exact) mass is 680 g/mol. The number of anilines is 1. The van der Waals surface area contributed by atoms with Crippen molar-refractivity contribution in [1.82, 2.24) is 30.8 Å². The Morgan fingerprint density at radius 3 is 2.67 bits per heavy atom. The third-order valence-corrected chi connectivity index (χ3v) is 10.4. The van der Waals surface area contributed by atoms with Gasteiger partial charge >= 0.3 is 0 Å². The number of hydrogen-bond acceptors (Lipinski definition) is 11. The number of rotatable bonds is 12. The molecule has 43 heavy (non-hydrogen) atoms. The van der Waals surface area contributed by atoms with Gasteiger partial charge in [0.25, 0.3) is 11.9 Å². The van der Waals surface area contributed by atoms with Crippen molar-refractivity contribution < 1.29 is 28.9 Å². The van der Waals surface area contributed by atoms with Gasteiger partial charge in [0.2, 0.25) is 11.8 Å². The second kappa shape index (κ2) is 14.0. The van der Waals surface area contributed by atoms with E-state index in [4.69, 9.17) is 23.2 Å². The van der Waals surface area contributed by atoms with Crippen LogP contribution in [0.3, 0.4) is 0 Å². The van der Waals surface area contributed by atoms with E-state index in [0.29, 0.717) is 38.6 Å². The van der Waals surface area contributed by atoms with Crippen LogP contribution in [0.25, 0.3) is 0 Å². The highest BCUT2D eigenvalue weighted by Gasteiger charge is 2.52. The van der Waals surface area contributed by atoms with Crippen molar-refractivity contribution in [2.24, 2.45) is 0 Å². The van der Waals surface area contributed by atoms with E-state index in [0.717, 1.165) is 4.90 Å². The Morgan fingerprint density at radius 2 is 1.95 bits per heavy atom. The lowest BCUT2D eigenvalue weighted by Crippen LogP contribution is -2.71. The number of carboxylic acids is 1. The lowest BCUT2D eigenvalue weighted by Gasteiger charge is -2.50. The zero-order valence-corrected chi connectivity index (χ0v) is 26.0. The molecular formula is C25H22Cl2N8O5S3. The standard InChI is InChI=1S/C25H22Cl2N8O5S3/c26-14-1-2-16(27)17(9-14)42-12-19(37)28-20-22(38)35-21(24(39)40)13(11-43-23(20)35)10-41-15-3-6-34(7-4-15)8-5-18(36)29-25-30-32-33-31-25/h1-4,6-7,9,20,23H,5,8,10-12H2,(H3-,28,29,30,31,32,33,36,37,39,40)/t20-,23-/m1/s1. The van der Waals surface area contributed by atoms with E-state index in [9.17, 15) is 24.3 Å². The molecule has 18 heteroatoms. The molecule has 5 rings (SSSR count). The zero-order chi connectivity index (χ0) is 30.5. The molecule has 1 fully saturated rings. The van der Waals surface area contributed by atoms with Crippen LogP contribution in [0, 0.1) is 0 Å². The van der Waals surface area contributed by atoms with Crippen molar-refractivity contribution in [3.05, 3.63) is 64.0 Å². The van der Waals surface area contributed by atoms with E-state index in [1.165, 1.54) is 40.2 Å². The molecule has 0 saturated carbocycles. The molecule has 0 radical (unpaired) electrons. The van der Waals surface area contributed by atoms with Gasteiger partial charge in [0.15, 0.2) is 18.9 Å². The van der Waals surface area contributed by atoms with Gasteiger partial charge in [0.05, 0.1) is 28.9 Å². The first-order valence-corrected chi connectivity index (χ1v) is 16.4. The van der Waals surface area contributed by atoms with Crippen LogP contribution < -0.4 is 20.3 Å². The molecular weight excluding hydrogens is 659 g/mol. The number of nitrogens with one attached hydrogen (secondary N) is 3. The number of nitrogens with zero attached hydrogens (tertiary/aromatic N) is 5. The summed E-state index contributed by atoms with van der Waals surface area (Å²) in [4.78, 5) is 52.3. The summed E-state index contributed by atoms with van der Waals surface area (Å²) in [6.07, 6.45) is 3.83. The van der Waals surface area contributed by atoms with Gasteiger partial charge < -0.3 is 15.2 Å². The van der Waals surface area contributed by atoms with Crippen LogP contribution in [-0.2, 0) is 25.7 Å². The van der Waals surface area contributed by atoms with Crippen molar-refractivity contribution in [2.75, 3.05) is 22.6 Å². The Bertz CT molecular complexity index is 1580. The van der Waals surface area contributed by atoms with Crippen LogP contribution in [-0.4, -0.2) is 77.9 Å². The smallest absolute Gasteiger partial charge is 0.269 e. The molecule has 2 aliphatic heterocycles. The first-order chi connectivity index (χ1) is 20.7. The number of tetrazole rings is 1. The third-order valence-electron chi connectivity index (χ3n) is 6.28. The number of hydrogen-bond donors (Lipinski definition) is 3. The summed E-state index contributed by atoms with van der Waals surface area (Å²) in [6, 6.07) is 7.81. The summed E-state index contributed by atoms with van der Waals surface area (Å²) in [5.74, 6) is -1.76. The molecule has 1 aromatic carbocycles. The minimum Gasteiger partial charge on any atom is -0.543 e. The fourth-order valence-electron chi connectivity index (χ4n) is 4.22. The highest BCUT2D eigenvalue weighted by molar-refractivity contribution is 8.01. The van der Waals surface area contributed by atoms with E-state index in [1.54, 1.807) is 18.2 Å². The molecule has 13 nitrogen and oxygen atoms in total. The number of thioether (sulfide) groups is 3. The summed E-state index contributed by atoms with van der Waals surface area (Å²) >= 11 is 16.1. The Hall–Kier alpha value is -3.31. The largest absolute Gasteiger partial charge is 0.543 e. The second-order valence-electron chi connectivity index (χ2n) is 9.15. The molecule has 2 atom stereocenters. The fraction of sp³-hybridized carbons (Fsp3) is 0.280. The van der Waals surface area contributed by atoms with Crippen LogP contribution >= 0.6 is 58.5 Å². The number of H-pyrrole nitrogens is 1. The van der Waals surface area contributed by atoms with E-state index in [2.05, 4.69) is 31.3 Å². The lowest BCUT2D eigenvalue weighted by atomic mass is 10.0. The first kappa shape index (κ1) is 31.1. The molecule has 1 saturated heterocycles. The number of pyridine rings is 1. The minimum absolute atomic E-state index is 0.0107. The number of aliphatic carboxylic acids is 1. The van der Waals surface area contributed by atoms with Gasteiger partial charge in [-0.1, -0.05) is 28.3 Å². The Labute approximate surface area is 267 Å². The fourth-order valence-corrected chi connectivity index (χ4v) is 7.89. The molecule has 3 aromatic rings. The van der Waals surface area contributed by atoms with Crippen LogP contribution in [0.15, 0.2) is 63.8 Å². The van der Waals surface area contributed by atoms with E-state index < -0.39 is 23.3 Å². The summed E-state index contributed by atoms with van der Waals surface area (Å²) in [7, 11) is 0. The number of β-lactam (4-membered cyclic amide) rings is 1.